The van der Waals surface area contributed by atoms with Gasteiger partial charge in [-0.15, -0.1) is 11.3 Å². The Morgan fingerprint density at radius 2 is 1.50 bits per heavy atom. The van der Waals surface area contributed by atoms with Crippen LogP contribution in [0.4, 0.5) is 0 Å². The fraction of sp³-hybridized carbons (Fsp3) is 0. The number of hydrogen-bond acceptors (Lipinski definition) is 2. The third-order valence-electron chi connectivity index (χ3n) is 3.64. The molecule has 0 fully saturated rings. The highest BCUT2D eigenvalue weighted by Crippen LogP contribution is 2.30. The minimum atomic E-state index is 0.745. The molecule has 1 aromatic heterocycles. The predicted octanol–water partition coefficient (Wildman–Crippen LogP) is 6.28. The van der Waals surface area contributed by atoms with Gasteiger partial charge in [0.15, 0.2) is 0 Å². The molecule has 1 heterocycles. The van der Waals surface area contributed by atoms with Gasteiger partial charge in [-0.05, 0) is 29.0 Å². The average Bonchev–Trinajstić information content (AvgIpc) is 3.05. The molecule has 22 heavy (non-hydrogen) atoms. The molecule has 106 valence electrons. The lowest BCUT2D eigenvalue weighted by Crippen LogP contribution is -1.80. The normalized spacial score (nSPS) is 11.0. The van der Waals surface area contributed by atoms with Crippen LogP contribution in [0.2, 0.25) is 5.02 Å². The van der Waals surface area contributed by atoms with Crippen LogP contribution in [0.15, 0.2) is 72.1 Å². The van der Waals surface area contributed by atoms with Gasteiger partial charge in [-0.1, -0.05) is 60.1 Å². The van der Waals surface area contributed by atoms with E-state index in [1.807, 2.05) is 24.3 Å². The fourth-order valence-electron chi connectivity index (χ4n) is 2.48. The summed E-state index contributed by atoms with van der Waals surface area (Å²) in [6.45, 7) is 0. The molecule has 4 rings (SSSR count). The van der Waals surface area contributed by atoms with Gasteiger partial charge in [-0.2, -0.15) is 0 Å². The van der Waals surface area contributed by atoms with Crippen LogP contribution in [-0.2, 0) is 0 Å². The lowest BCUT2D eigenvalue weighted by Gasteiger charge is -2.01. The molecule has 0 unspecified atom stereocenters. The van der Waals surface area contributed by atoms with Crippen molar-refractivity contribution in [1.29, 1.82) is 0 Å². The number of aromatic nitrogens is 1. The molecule has 0 amide bonds. The van der Waals surface area contributed by atoms with Gasteiger partial charge < -0.3 is 0 Å². The van der Waals surface area contributed by atoms with E-state index in [-0.39, 0.29) is 0 Å². The smallest absolute Gasteiger partial charge is 0.124 e. The number of halogens is 1. The van der Waals surface area contributed by atoms with Crippen LogP contribution in [0.1, 0.15) is 0 Å². The van der Waals surface area contributed by atoms with Crippen molar-refractivity contribution >= 4 is 33.7 Å². The van der Waals surface area contributed by atoms with Gasteiger partial charge in [0.25, 0.3) is 0 Å². The van der Waals surface area contributed by atoms with Crippen molar-refractivity contribution < 1.29 is 0 Å². The van der Waals surface area contributed by atoms with Crippen LogP contribution >= 0.6 is 22.9 Å². The lowest BCUT2D eigenvalue weighted by molar-refractivity contribution is 1.41. The molecule has 0 bridgehead atoms. The van der Waals surface area contributed by atoms with Crippen LogP contribution in [0.25, 0.3) is 32.6 Å². The molecule has 0 spiro atoms. The molecule has 0 atom stereocenters. The Morgan fingerprint density at radius 3 is 2.32 bits per heavy atom. The Balaban J connectivity index is 1.74. The second-order valence-electron chi connectivity index (χ2n) is 5.11. The number of fused-ring (bicyclic) bond motifs is 1. The summed E-state index contributed by atoms with van der Waals surface area (Å²) in [6, 6.07) is 22.6. The summed E-state index contributed by atoms with van der Waals surface area (Å²) >= 11 is 7.59. The van der Waals surface area contributed by atoms with Crippen molar-refractivity contribution in [2.75, 3.05) is 0 Å². The number of nitrogens with zero attached hydrogens (tertiary/aromatic N) is 1. The van der Waals surface area contributed by atoms with E-state index in [0.29, 0.717) is 0 Å². The molecule has 4 aromatic rings. The molecule has 0 aliphatic carbocycles. The number of hydrogen-bond donors (Lipinski definition) is 0. The van der Waals surface area contributed by atoms with Crippen molar-refractivity contribution in [3.63, 3.8) is 0 Å². The van der Waals surface area contributed by atoms with Crippen LogP contribution < -0.4 is 0 Å². The zero-order valence-electron chi connectivity index (χ0n) is 11.7. The average molecular weight is 322 g/mol. The maximum absolute atomic E-state index is 5.94. The Labute approximate surface area is 137 Å². The Hall–Kier alpha value is -2.16. The first-order chi connectivity index (χ1) is 10.8. The summed E-state index contributed by atoms with van der Waals surface area (Å²) in [7, 11) is 0. The molecule has 3 heteroatoms. The Kier molecular flexibility index (Phi) is 3.41. The second-order valence-corrected chi connectivity index (χ2v) is 6.40. The summed E-state index contributed by atoms with van der Waals surface area (Å²) in [6.07, 6.45) is 0. The highest BCUT2D eigenvalue weighted by atomic mass is 35.5. The summed E-state index contributed by atoms with van der Waals surface area (Å²) < 4.78 is 0. The van der Waals surface area contributed by atoms with E-state index in [2.05, 4.69) is 47.8 Å². The molecule has 0 aliphatic heterocycles. The highest BCUT2D eigenvalue weighted by molar-refractivity contribution is 7.13. The van der Waals surface area contributed by atoms with Crippen LogP contribution in [0.5, 0.6) is 0 Å². The summed E-state index contributed by atoms with van der Waals surface area (Å²) in [5, 5.41) is 6.35. The van der Waals surface area contributed by atoms with Crippen LogP contribution in [0.3, 0.4) is 0 Å². The van der Waals surface area contributed by atoms with E-state index < -0.39 is 0 Å². The molecule has 3 aromatic carbocycles. The van der Waals surface area contributed by atoms with E-state index >= 15 is 0 Å². The standard InChI is InChI=1S/C19H12ClNS/c20-17-9-7-14(8-10-17)19-21-18(12-22-19)16-6-5-13-3-1-2-4-15(13)11-16/h1-12H. The van der Waals surface area contributed by atoms with E-state index in [0.717, 1.165) is 26.9 Å². The third kappa shape index (κ3) is 2.52. The first-order valence-electron chi connectivity index (χ1n) is 7.00. The van der Waals surface area contributed by atoms with Crippen molar-refractivity contribution in [2.45, 2.75) is 0 Å². The van der Waals surface area contributed by atoms with Crippen LogP contribution in [0, 0.1) is 0 Å². The maximum atomic E-state index is 5.94. The van der Waals surface area contributed by atoms with Gasteiger partial charge in [-0.3, -0.25) is 0 Å². The molecule has 0 saturated heterocycles. The molecular weight excluding hydrogens is 310 g/mol. The van der Waals surface area contributed by atoms with Gasteiger partial charge in [0, 0.05) is 21.5 Å². The van der Waals surface area contributed by atoms with E-state index in [1.165, 1.54) is 10.8 Å². The zero-order chi connectivity index (χ0) is 14.9. The molecule has 0 radical (unpaired) electrons. The molecular formula is C19H12ClNS. The summed E-state index contributed by atoms with van der Waals surface area (Å²) in [5.41, 5.74) is 3.26. The fourth-order valence-corrected chi connectivity index (χ4v) is 3.44. The van der Waals surface area contributed by atoms with Crippen molar-refractivity contribution in [3.05, 3.63) is 77.1 Å². The molecule has 1 nitrogen and oxygen atoms in total. The predicted molar refractivity (Wildman–Crippen MR) is 95.5 cm³/mol. The molecule has 0 saturated carbocycles. The maximum Gasteiger partial charge on any atom is 0.124 e. The first kappa shape index (κ1) is 13.5. The van der Waals surface area contributed by atoms with Crippen LogP contribution in [-0.4, -0.2) is 4.98 Å². The van der Waals surface area contributed by atoms with Gasteiger partial charge >= 0.3 is 0 Å². The summed E-state index contributed by atoms with van der Waals surface area (Å²) in [5.74, 6) is 0. The largest absolute Gasteiger partial charge is 0.236 e. The van der Waals surface area contributed by atoms with Gasteiger partial charge in [0.2, 0.25) is 0 Å². The molecule has 0 aliphatic rings. The number of benzene rings is 3. The second kappa shape index (κ2) is 5.56. The summed E-state index contributed by atoms with van der Waals surface area (Å²) in [4.78, 5) is 4.76. The first-order valence-corrected chi connectivity index (χ1v) is 8.26. The number of rotatable bonds is 2. The van der Waals surface area contributed by atoms with Crippen molar-refractivity contribution in [2.24, 2.45) is 0 Å². The van der Waals surface area contributed by atoms with Crippen molar-refractivity contribution in [3.8, 4) is 21.8 Å². The minimum Gasteiger partial charge on any atom is -0.236 e. The minimum absolute atomic E-state index is 0.745. The topological polar surface area (TPSA) is 12.9 Å². The van der Waals surface area contributed by atoms with E-state index in [4.69, 9.17) is 16.6 Å². The molecule has 0 N–H and O–H groups in total. The van der Waals surface area contributed by atoms with Gasteiger partial charge in [0.05, 0.1) is 5.69 Å². The Bertz CT molecular complexity index is 941. The van der Waals surface area contributed by atoms with E-state index in [9.17, 15) is 0 Å². The van der Waals surface area contributed by atoms with Crippen molar-refractivity contribution in [1.82, 2.24) is 4.98 Å². The zero-order valence-corrected chi connectivity index (χ0v) is 13.2. The Morgan fingerprint density at radius 1 is 0.773 bits per heavy atom. The van der Waals surface area contributed by atoms with Gasteiger partial charge in [0.1, 0.15) is 5.01 Å². The third-order valence-corrected chi connectivity index (χ3v) is 4.78. The monoisotopic (exact) mass is 321 g/mol. The quantitative estimate of drug-likeness (QED) is 0.423. The number of thiazole rings is 1. The SMILES string of the molecule is Clc1ccc(-c2nc(-c3ccc4ccccc4c3)cs2)cc1. The lowest BCUT2D eigenvalue weighted by atomic mass is 10.1. The highest BCUT2D eigenvalue weighted by Gasteiger charge is 2.07. The van der Waals surface area contributed by atoms with Gasteiger partial charge in [-0.25, -0.2) is 4.98 Å². The van der Waals surface area contributed by atoms with E-state index in [1.54, 1.807) is 11.3 Å².